The lowest BCUT2D eigenvalue weighted by Crippen LogP contribution is -2.68. The van der Waals surface area contributed by atoms with Crippen LogP contribution in [0.4, 0.5) is 0 Å². The fourth-order valence-electron chi connectivity index (χ4n) is 6.32. The van der Waals surface area contributed by atoms with Crippen molar-refractivity contribution in [1.29, 1.82) is 0 Å². The average molecular weight is 778 g/mol. The molecule has 20 unspecified atom stereocenters. The summed E-state index contributed by atoms with van der Waals surface area (Å²) in [4.78, 5) is 2.66. The van der Waals surface area contributed by atoms with E-state index in [1.54, 1.807) is 0 Å². The first-order valence-corrected chi connectivity index (χ1v) is 17.1. The van der Waals surface area contributed by atoms with Gasteiger partial charge in [-0.05, 0) is 18.4 Å². The second-order valence-corrected chi connectivity index (χ2v) is 13.0. The van der Waals surface area contributed by atoms with Gasteiger partial charge in [-0.2, -0.15) is 0 Å². The molecule has 0 bridgehead atoms. The highest BCUT2D eigenvalue weighted by Crippen LogP contribution is 2.35. The first-order chi connectivity index (χ1) is 25.3. The average Bonchev–Trinajstić information content (AvgIpc) is 3.15. The Morgan fingerprint density at radius 2 is 0.887 bits per heavy atom. The normalized spacial score (nSPS) is 46.5. The van der Waals surface area contributed by atoms with Crippen LogP contribution in [-0.4, -0.2) is 229 Å². The predicted octanol–water partition coefficient (Wildman–Crippen LogP) is -7.24. The van der Waals surface area contributed by atoms with Crippen LogP contribution in [0, 0.1) is 0 Å². The molecule has 4 fully saturated rings. The van der Waals surface area contributed by atoms with Crippen molar-refractivity contribution in [2.24, 2.45) is 5.11 Å². The van der Waals surface area contributed by atoms with Gasteiger partial charge < -0.3 is 104 Å². The lowest BCUT2D eigenvalue weighted by Gasteiger charge is -2.49. The van der Waals surface area contributed by atoms with Crippen LogP contribution in [0.25, 0.3) is 10.4 Å². The topological polar surface area (TPSA) is 386 Å². The summed E-state index contributed by atoms with van der Waals surface area (Å²) in [6, 6.07) is 0. The Balaban J connectivity index is 1.57. The van der Waals surface area contributed by atoms with Crippen molar-refractivity contribution in [2.45, 2.75) is 142 Å². The Bertz CT molecular complexity index is 1140. The lowest BCUT2D eigenvalue weighted by atomic mass is 9.95. The fraction of sp³-hybridized carbons (Fsp3) is 1.00. The third kappa shape index (κ3) is 10.3. The molecule has 0 radical (unpaired) electrons. The standard InChI is InChI=1S/C29H51N3O21/c30-32-31-4-2-1-3-5-46-26-22(45)23(17(40)13(9-36)47-26)51-28-25(20(43)16(39)11(7-34)49-28)53-29-24(19(42)15(38)12(8-35)50-29)52-27-21(44)18(41)14(37)10(6-33)48-27/h10-29,33-45H,1-9H2. The molecule has 4 rings (SSSR count). The lowest BCUT2D eigenvalue weighted by molar-refractivity contribution is -0.403. The number of hydrogen-bond acceptors (Lipinski definition) is 22. The van der Waals surface area contributed by atoms with Crippen molar-refractivity contribution in [3.05, 3.63) is 10.4 Å². The van der Waals surface area contributed by atoms with Crippen molar-refractivity contribution in [2.75, 3.05) is 39.6 Å². The van der Waals surface area contributed by atoms with E-state index in [1.807, 2.05) is 0 Å². The molecule has 4 aliphatic heterocycles. The Morgan fingerprint density at radius 3 is 1.40 bits per heavy atom. The van der Waals surface area contributed by atoms with E-state index < -0.39 is 149 Å². The summed E-state index contributed by atoms with van der Waals surface area (Å²) in [6.07, 6.45) is -34.3. The third-order valence-corrected chi connectivity index (χ3v) is 9.44. The van der Waals surface area contributed by atoms with E-state index in [4.69, 9.17) is 43.4 Å². The van der Waals surface area contributed by atoms with E-state index >= 15 is 0 Å². The van der Waals surface area contributed by atoms with E-state index in [0.717, 1.165) is 0 Å². The van der Waals surface area contributed by atoms with Crippen molar-refractivity contribution in [3.63, 3.8) is 0 Å². The maximum Gasteiger partial charge on any atom is 0.187 e. The highest BCUT2D eigenvalue weighted by molar-refractivity contribution is 4.98. The zero-order valence-electron chi connectivity index (χ0n) is 28.3. The summed E-state index contributed by atoms with van der Waals surface area (Å²) in [5, 5.41) is 139. The highest BCUT2D eigenvalue weighted by atomic mass is 16.8. The van der Waals surface area contributed by atoms with Crippen molar-refractivity contribution >= 4 is 0 Å². The highest BCUT2D eigenvalue weighted by Gasteiger charge is 2.56. The van der Waals surface area contributed by atoms with E-state index in [1.165, 1.54) is 0 Å². The van der Waals surface area contributed by atoms with E-state index in [-0.39, 0.29) is 13.2 Å². The fourth-order valence-corrected chi connectivity index (χ4v) is 6.32. The largest absolute Gasteiger partial charge is 0.394 e. The van der Waals surface area contributed by atoms with Gasteiger partial charge in [0, 0.05) is 18.1 Å². The van der Waals surface area contributed by atoms with Gasteiger partial charge in [0.15, 0.2) is 25.2 Å². The van der Waals surface area contributed by atoms with Gasteiger partial charge in [0.2, 0.25) is 0 Å². The zero-order chi connectivity index (χ0) is 39.0. The molecule has 0 aromatic rings. The number of aliphatic hydroxyl groups is 13. The number of ether oxygens (including phenoxy) is 8. The maximum absolute atomic E-state index is 11.2. The second-order valence-electron chi connectivity index (χ2n) is 13.0. The number of nitrogens with zero attached hydrogens (tertiary/aromatic N) is 3. The minimum Gasteiger partial charge on any atom is -0.394 e. The van der Waals surface area contributed by atoms with Crippen LogP contribution < -0.4 is 0 Å². The zero-order valence-corrected chi connectivity index (χ0v) is 28.3. The van der Waals surface area contributed by atoms with Crippen molar-refractivity contribution in [1.82, 2.24) is 0 Å². The number of rotatable bonds is 17. The summed E-state index contributed by atoms with van der Waals surface area (Å²) in [5.74, 6) is 0. The monoisotopic (exact) mass is 777 g/mol. The summed E-state index contributed by atoms with van der Waals surface area (Å²) in [7, 11) is 0. The molecule has 24 heteroatoms. The molecule has 0 spiro atoms. The molecule has 53 heavy (non-hydrogen) atoms. The van der Waals surface area contributed by atoms with Crippen LogP contribution in [0.2, 0.25) is 0 Å². The molecule has 4 aliphatic rings. The SMILES string of the molecule is [N-]=[N+]=NCCCCCOC1OC(CO)C(O)C(OC2OC(CO)C(O)C(O)C2OC2OC(CO)C(O)C(O)C2OC2OC(CO)C(O)C(O)C2O)C1O. The van der Waals surface area contributed by atoms with E-state index in [9.17, 15) is 66.4 Å². The quantitative estimate of drug-likeness (QED) is 0.0282. The molecule has 24 nitrogen and oxygen atoms in total. The molecule has 0 saturated carbocycles. The second kappa shape index (κ2) is 20.6. The van der Waals surface area contributed by atoms with Crippen LogP contribution in [0.15, 0.2) is 5.11 Å². The van der Waals surface area contributed by atoms with Crippen LogP contribution in [0.5, 0.6) is 0 Å². The predicted molar refractivity (Wildman–Crippen MR) is 165 cm³/mol. The molecule has 4 saturated heterocycles. The first-order valence-electron chi connectivity index (χ1n) is 17.1. The van der Waals surface area contributed by atoms with Gasteiger partial charge in [-0.1, -0.05) is 11.5 Å². The number of unbranched alkanes of at least 4 members (excludes halogenated alkanes) is 2. The van der Waals surface area contributed by atoms with E-state index in [0.29, 0.717) is 19.3 Å². The first kappa shape index (κ1) is 44.2. The summed E-state index contributed by atoms with van der Waals surface area (Å²) < 4.78 is 45.2. The molecule has 0 aromatic heterocycles. The van der Waals surface area contributed by atoms with Crippen molar-refractivity contribution < 1.29 is 104 Å². The molecule has 0 amide bonds. The van der Waals surface area contributed by atoms with Gasteiger partial charge in [0.25, 0.3) is 0 Å². The Kier molecular flexibility index (Phi) is 17.2. The van der Waals surface area contributed by atoms with Crippen LogP contribution in [0.1, 0.15) is 19.3 Å². The van der Waals surface area contributed by atoms with Gasteiger partial charge in [-0.25, -0.2) is 0 Å². The molecule has 13 N–H and O–H groups in total. The van der Waals surface area contributed by atoms with Crippen LogP contribution in [-0.2, 0) is 37.9 Å². The van der Waals surface area contributed by atoms with Gasteiger partial charge in [0.05, 0.1) is 26.4 Å². The van der Waals surface area contributed by atoms with Crippen LogP contribution >= 0.6 is 0 Å². The van der Waals surface area contributed by atoms with Crippen LogP contribution in [0.3, 0.4) is 0 Å². The maximum atomic E-state index is 11.2. The summed E-state index contributed by atoms with van der Waals surface area (Å²) in [5.41, 5.74) is 8.39. The van der Waals surface area contributed by atoms with Gasteiger partial charge in [0.1, 0.15) is 97.7 Å². The van der Waals surface area contributed by atoms with Gasteiger partial charge >= 0.3 is 0 Å². The molecule has 4 heterocycles. The number of aliphatic hydroxyl groups excluding tert-OH is 13. The Hall–Kier alpha value is -1.53. The van der Waals surface area contributed by atoms with Gasteiger partial charge in [-0.15, -0.1) is 0 Å². The van der Waals surface area contributed by atoms with Crippen molar-refractivity contribution in [3.8, 4) is 0 Å². The molecular weight excluding hydrogens is 726 g/mol. The molecular formula is C29H51N3O21. The molecule has 308 valence electrons. The number of azide groups is 1. The summed E-state index contributed by atoms with van der Waals surface area (Å²) in [6.45, 7) is -3.11. The Labute approximate surface area is 301 Å². The third-order valence-electron chi connectivity index (χ3n) is 9.44. The van der Waals surface area contributed by atoms with Gasteiger partial charge in [-0.3, -0.25) is 0 Å². The molecule has 0 aromatic carbocycles. The molecule has 20 atom stereocenters. The summed E-state index contributed by atoms with van der Waals surface area (Å²) >= 11 is 0. The molecule has 0 aliphatic carbocycles. The Morgan fingerprint density at radius 1 is 0.453 bits per heavy atom. The van der Waals surface area contributed by atoms with E-state index in [2.05, 4.69) is 10.0 Å². The number of hydrogen-bond donors (Lipinski definition) is 13. The minimum atomic E-state index is -2.03. The smallest absolute Gasteiger partial charge is 0.187 e. The minimum absolute atomic E-state index is 0.0250.